The van der Waals surface area contributed by atoms with Gasteiger partial charge in [0.2, 0.25) is 8.32 Å². The Morgan fingerprint density at radius 1 is 1.23 bits per heavy atom. The highest BCUT2D eigenvalue weighted by Gasteiger charge is 2.66. The largest absolute Gasteiger partial charge is 0.547 e. The zero-order valence-corrected chi connectivity index (χ0v) is 20.5. The molecule has 6 heteroatoms. The molecule has 166 valence electrons. The monoisotopic (exact) mass is 432 g/mol. The Kier molecular flexibility index (Phi) is 4.76. The number of aliphatic hydroxyl groups is 1. The molecule has 1 aliphatic heterocycles. The third-order valence-electron chi connectivity index (χ3n) is 8.87. The molecule has 0 aromatic carbocycles. The topological polar surface area (TPSA) is 72.8 Å². The summed E-state index contributed by atoms with van der Waals surface area (Å²) in [5.41, 5.74) is 1.04. The summed E-state index contributed by atoms with van der Waals surface area (Å²) in [6.45, 7) is 16.8. The molecule has 0 radical (unpaired) electrons. The van der Waals surface area contributed by atoms with Gasteiger partial charge in [-0.15, -0.1) is 0 Å². The molecule has 3 aliphatic carbocycles. The third-order valence-corrected chi connectivity index (χ3v) is 13.2. The Labute approximate surface area is 181 Å². The van der Waals surface area contributed by atoms with Crippen LogP contribution >= 0.6 is 0 Å². The molecule has 0 amide bonds. The highest BCUT2D eigenvalue weighted by molar-refractivity contribution is 6.74. The van der Waals surface area contributed by atoms with Crippen LogP contribution in [-0.2, 0) is 18.8 Å². The van der Waals surface area contributed by atoms with Gasteiger partial charge in [0.15, 0.2) is 5.78 Å². The lowest BCUT2D eigenvalue weighted by atomic mass is 9.52. The molecule has 30 heavy (non-hydrogen) atoms. The van der Waals surface area contributed by atoms with Crippen molar-refractivity contribution < 1.29 is 23.9 Å². The van der Waals surface area contributed by atoms with Crippen LogP contribution in [0.3, 0.4) is 0 Å². The van der Waals surface area contributed by atoms with Crippen molar-refractivity contribution in [2.45, 2.75) is 84.7 Å². The second-order valence-electron chi connectivity index (χ2n) is 11.6. The first-order chi connectivity index (χ1) is 13.7. The Morgan fingerprint density at radius 2 is 1.87 bits per heavy atom. The van der Waals surface area contributed by atoms with Crippen LogP contribution in [0, 0.1) is 29.1 Å². The second-order valence-corrected chi connectivity index (χ2v) is 16.3. The number of ether oxygens (including phenoxy) is 1. The minimum atomic E-state index is -2.10. The van der Waals surface area contributed by atoms with Crippen LogP contribution in [0.15, 0.2) is 23.0 Å². The standard InChI is InChI=1S/C24H36O5Si/c1-12-9-16(25)15-11-17(29-30(7,8)23(3,4)5)14-10-18-19(13(2)22(27)28-18)20(14)24(15,6)21(12)26/h9,13,15-16,18-20,25H,10-11H2,1-8H3/t13-,15+,16+,18-,19-,20?,24-/m0/s1. The first kappa shape index (κ1) is 21.8. The van der Waals surface area contributed by atoms with Crippen LogP contribution in [0.25, 0.3) is 0 Å². The summed E-state index contributed by atoms with van der Waals surface area (Å²) in [5, 5.41) is 11.1. The highest BCUT2D eigenvalue weighted by atomic mass is 28.4. The number of rotatable bonds is 2. The molecule has 0 bridgehead atoms. The molecule has 1 unspecified atom stereocenters. The minimum absolute atomic E-state index is 0.0413. The third kappa shape index (κ3) is 2.82. The van der Waals surface area contributed by atoms with E-state index in [2.05, 4.69) is 33.9 Å². The van der Waals surface area contributed by atoms with E-state index in [-0.39, 0.29) is 46.6 Å². The van der Waals surface area contributed by atoms with Gasteiger partial charge in [-0.05, 0) is 42.3 Å². The number of esters is 1. The van der Waals surface area contributed by atoms with Gasteiger partial charge in [-0.2, -0.15) is 0 Å². The summed E-state index contributed by atoms with van der Waals surface area (Å²) >= 11 is 0. The van der Waals surface area contributed by atoms with Gasteiger partial charge in [0.1, 0.15) is 6.10 Å². The molecule has 1 N–H and O–H groups in total. The number of fused-ring (bicyclic) bond motifs is 5. The lowest BCUT2D eigenvalue weighted by Gasteiger charge is -2.52. The van der Waals surface area contributed by atoms with Crippen LogP contribution < -0.4 is 0 Å². The van der Waals surface area contributed by atoms with Crippen molar-refractivity contribution in [2.24, 2.45) is 29.1 Å². The normalized spacial score (nSPS) is 41.2. The van der Waals surface area contributed by atoms with E-state index in [0.29, 0.717) is 18.4 Å². The second kappa shape index (κ2) is 6.55. The van der Waals surface area contributed by atoms with Gasteiger partial charge in [0.05, 0.1) is 17.8 Å². The number of Topliss-reactive ketones (excluding diaryl/α,β-unsaturated/α-hetero) is 1. The van der Waals surface area contributed by atoms with E-state index < -0.39 is 19.8 Å². The molecule has 1 heterocycles. The number of aliphatic hydroxyl groups excluding tert-OH is 1. The average Bonchev–Trinajstić information content (AvgIpc) is 3.11. The van der Waals surface area contributed by atoms with E-state index in [0.717, 1.165) is 11.3 Å². The summed E-state index contributed by atoms with van der Waals surface area (Å²) in [6, 6.07) is 0. The maximum atomic E-state index is 13.5. The molecule has 4 rings (SSSR count). The highest BCUT2D eigenvalue weighted by Crippen LogP contribution is 2.63. The average molecular weight is 433 g/mol. The number of allylic oxidation sites excluding steroid dienone is 2. The molecule has 2 fully saturated rings. The van der Waals surface area contributed by atoms with E-state index in [1.807, 2.05) is 13.8 Å². The lowest BCUT2D eigenvalue weighted by Crippen LogP contribution is -2.55. The molecule has 7 atom stereocenters. The Morgan fingerprint density at radius 3 is 2.47 bits per heavy atom. The molecule has 1 saturated carbocycles. The lowest BCUT2D eigenvalue weighted by molar-refractivity contribution is -0.144. The van der Waals surface area contributed by atoms with Gasteiger partial charge in [-0.25, -0.2) is 0 Å². The van der Waals surface area contributed by atoms with Gasteiger partial charge in [-0.3, -0.25) is 9.59 Å². The molecule has 0 aromatic heterocycles. The first-order valence-electron chi connectivity index (χ1n) is 11.2. The van der Waals surface area contributed by atoms with E-state index in [1.54, 1.807) is 13.0 Å². The fraction of sp³-hybridized carbons (Fsp3) is 0.750. The van der Waals surface area contributed by atoms with Crippen molar-refractivity contribution in [1.29, 1.82) is 0 Å². The van der Waals surface area contributed by atoms with Gasteiger partial charge in [0.25, 0.3) is 0 Å². The summed E-state index contributed by atoms with van der Waals surface area (Å²) in [4.78, 5) is 25.9. The van der Waals surface area contributed by atoms with Crippen LogP contribution in [0.2, 0.25) is 18.1 Å². The van der Waals surface area contributed by atoms with Crippen molar-refractivity contribution in [1.82, 2.24) is 0 Å². The van der Waals surface area contributed by atoms with Crippen LogP contribution in [0.5, 0.6) is 0 Å². The molecule has 5 nitrogen and oxygen atoms in total. The fourth-order valence-electron chi connectivity index (χ4n) is 6.12. The van der Waals surface area contributed by atoms with Crippen LogP contribution in [-0.4, -0.2) is 37.4 Å². The number of ketones is 1. The van der Waals surface area contributed by atoms with Crippen molar-refractivity contribution in [3.63, 3.8) is 0 Å². The molecular formula is C24H36O5Si. The SMILES string of the molecule is CC1=C[C@@H](O)[C@H]2CC(O[Si](C)(C)C(C)(C)C)=C3C[C@@H]4OC(=O)[C@@H](C)[C@@H]4C3[C@@]2(C)C1=O. The Hall–Kier alpha value is -1.40. The molecule has 0 spiro atoms. The number of carbonyl (C=O) groups is 2. The molecule has 0 aromatic rings. The smallest absolute Gasteiger partial charge is 0.309 e. The zero-order chi connectivity index (χ0) is 22.4. The van der Waals surface area contributed by atoms with E-state index in [1.165, 1.54) is 0 Å². The van der Waals surface area contributed by atoms with Crippen molar-refractivity contribution >= 4 is 20.1 Å². The maximum absolute atomic E-state index is 13.5. The van der Waals surface area contributed by atoms with Gasteiger partial charge < -0.3 is 14.3 Å². The zero-order valence-electron chi connectivity index (χ0n) is 19.5. The molecule has 1 saturated heterocycles. The summed E-state index contributed by atoms with van der Waals surface area (Å²) in [6.07, 6.45) is 2.02. The van der Waals surface area contributed by atoms with Crippen molar-refractivity contribution in [3.05, 3.63) is 23.0 Å². The van der Waals surface area contributed by atoms with E-state index >= 15 is 0 Å². The quantitative estimate of drug-likeness (QED) is 0.518. The molecular weight excluding hydrogens is 396 g/mol. The molecule has 4 aliphatic rings. The van der Waals surface area contributed by atoms with Crippen LogP contribution in [0.1, 0.15) is 54.4 Å². The van der Waals surface area contributed by atoms with Gasteiger partial charge in [-0.1, -0.05) is 34.6 Å². The van der Waals surface area contributed by atoms with Gasteiger partial charge in [0, 0.05) is 36.0 Å². The number of hydrogen-bond donors (Lipinski definition) is 1. The fourth-order valence-corrected chi connectivity index (χ4v) is 7.26. The number of hydrogen-bond acceptors (Lipinski definition) is 5. The predicted molar refractivity (Wildman–Crippen MR) is 117 cm³/mol. The van der Waals surface area contributed by atoms with E-state index in [9.17, 15) is 14.7 Å². The minimum Gasteiger partial charge on any atom is -0.547 e. The van der Waals surface area contributed by atoms with Crippen molar-refractivity contribution in [3.8, 4) is 0 Å². The summed E-state index contributed by atoms with van der Waals surface area (Å²) in [5.74, 6) is 0.207. The van der Waals surface area contributed by atoms with E-state index in [4.69, 9.17) is 9.16 Å². The summed E-state index contributed by atoms with van der Waals surface area (Å²) in [7, 11) is -2.10. The Balaban J connectivity index is 1.87. The van der Waals surface area contributed by atoms with Gasteiger partial charge >= 0.3 is 5.97 Å². The number of carbonyl (C=O) groups excluding carboxylic acids is 2. The van der Waals surface area contributed by atoms with Crippen LogP contribution in [0.4, 0.5) is 0 Å². The Bertz CT molecular complexity index is 863. The summed E-state index contributed by atoms with van der Waals surface area (Å²) < 4.78 is 12.6. The maximum Gasteiger partial charge on any atom is 0.309 e. The van der Waals surface area contributed by atoms with Crippen molar-refractivity contribution in [2.75, 3.05) is 0 Å². The first-order valence-corrected chi connectivity index (χ1v) is 14.1. The predicted octanol–water partition coefficient (Wildman–Crippen LogP) is 4.38.